The highest BCUT2D eigenvalue weighted by Crippen LogP contribution is 2.49. The fourth-order valence-corrected chi connectivity index (χ4v) is 16.7. The molecule has 0 fully saturated rings. The first-order valence-corrected chi connectivity index (χ1v) is 22.7. The van der Waals surface area contributed by atoms with E-state index in [0.29, 0.717) is 0 Å². The molecule has 0 amide bonds. The molecule has 3 aromatic carbocycles. The van der Waals surface area contributed by atoms with Gasteiger partial charge in [-0.1, -0.05) is 23.3 Å². The number of hydrogen-bond donors (Lipinski definition) is 0. The van der Waals surface area contributed by atoms with E-state index in [4.69, 9.17) is 0 Å². The minimum atomic E-state index is -3.35. The van der Waals surface area contributed by atoms with Crippen molar-refractivity contribution < 1.29 is 0 Å². The van der Waals surface area contributed by atoms with Gasteiger partial charge in [-0.25, -0.2) is 0 Å². The van der Waals surface area contributed by atoms with Crippen LogP contribution in [0.4, 0.5) is 51.2 Å². The first-order valence-electron chi connectivity index (χ1n) is 20.7. The summed E-state index contributed by atoms with van der Waals surface area (Å²) in [6, 6.07) is 7.81. The van der Waals surface area contributed by atoms with Crippen molar-refractivity contribution in [2.75, 3.05) is 171 Å². The zero-order valence-electron chi connectivity index (χ0n) is 41.3. The highest BCUT2D eigenvalue weighted by Gasteiger charge is 2.53. The second kappa shape index (κ2) is 16.7. The van der Waals surface area contributed by atoms with E-state index in [9.17, 15) is 0 Å². The summed E-state index contributed by atoms with van der Waals surface area (Å²) in [5, 5.41) is 5.92. The van der Waals surface area contributed by atoms with Gasteiger partial charge in [0.05, 0.1) is 51.2 Å². The van der Waals surface area contributed by atoms with Crippen LogP contribution in [-0.4, -0.2) is 135 Å². The number of allylic oxidation sites excluding steroid dienone is 4. The third-order valence-corrected chi connectivity index (χ3v) is 18.5. The lowest BCUT2D eigenvalue weighted by atomic mass is 10.0. The molecular weight excluding hydrogens is 731 g/mol. The lowest BCUT2D eigenvalue weighted by Gasteiger charge is -2.45. The molecular formula is C48H79N9Si. The zero-order chi connectivity index (χ0) is 44.4. The molecule has 10 heteroatoms. The van der Waals surface area contributed by atoms with Crippen LogP contribution in [0.1, 0.15) is 44.4 Å². The molecule has 0 aliphatic heterocycles. The van der Waals surface area contributed by atoms with E-state index >= 15 is 0 Å². The summed E-state index contributed by atoms with van der Waals surface area (Å²) in [5.74, 6) is 0.238. The van der Waals surface area contributed by atoms with Crippen LogP contribution < -0.4 is 59.7 Å². The minimum Gasteiger partial charge on any atom is -0.376 e. The lowest BCUT2D eigenvalue weighted by Crippen LogP contribution is -2.72. The van der Waals surface area contributed by atoms with Gasteiger partial charge < -0.3 is 44.1 Å². The first kappa shape index (κ1) is 46.2. The summed E-state index contributed by atoms with van der Waals surface area (Å²) in [6.45, 7) is 16.9. The summed E-state index contributed by atoms with van der Waals surface area (Å²) in [5.41, 5.74) is 19.5. The van der Waals surface area contributed by atoms with Crippen molar-refractivity contribution >= 4 is 74.8 Å². The van der Waals surface area contributed by atoms with Crippen molar-refractivity contribution in [3.05, 3.63) is 56.8 Å². The fraction of sp³-hybridized carbons (Fsp3) is 0.542. The molecule has 1 aliphatic carbocycles. The predicted octanol–water partition coefficient (Wildman–Crippen LogP) is 6.52. The lowest BCUT2D eigenvalue weighted by molar-refractivity contribution is 0.851. The maximum Gasteiger partial charge on any atom is 0.177 e. The van der Waals surface area contributed by atoms with Crippen LogP contribution in [0.15, 0.2) is 40.1 Å². The molecule has 0 heterocycles. The van der Waals surface area contributed by atoms with Gasteiger partial charge >= 0.3 is 0 Å². The summed E-state index contributed by atoms with van der Waals surface area (Å²) < 4.78 is 0. The standard InChI is InChI=1S/C48H79N9Si/c1-29-30(2)32(4)48(31(29)3)58(39-26-36(49(8)9)45(55(20)21)42(33(39)5)52(14)15,40-27-37(50(10)11)46(56(22)23)43(34(40)6)53(16)17)41-28-38(51(12)13)47(57(24)25)44(35(41)7)54(18)19/h26-28,31H,1-25H3. The number of hydrogen-bond acceptors (Lipinski definition) is 9. The van der Waals surface area contributed by atoms with Gasteiger partial charge in [0.25, 0.3) is 0 Å². The van der Waals surface area contributed by atoms with E-state index in [0.717, 1.165) is 0 Å². The van der Waals surface area contributed by atoms with Gasteiger partial charge in [-0.05, 0) is 103 Å². The van der Waals surface area contributed by atoms with Crippen molar-refractivity contribution in [1.29, 1.82) is 0 Å². The number of benzene rings is 3. The van der Waals surface area contributed by atoms with Crippen LogP contribution in [0, 0.1) is 26.7 Å². The van der Waals surface area contributed by atoms with E-state index in [1.807, 2.05) is 0 Å². The van der Waals surface area contributed by atoms with E-state index in [1.165, 1.54) is 100 Å². The van der Waals surface area contributed by atoms with Crippen molar-refractivity contribution in [2.24, 2.45) is 5.92 Å². The highest BCUT2D eigenvalue weighted by atomic mass is 28.3. The minimum absolute atomic E-state index is 0.238. The Labute approximate surface area is 355 Å². The summed E-state index contributed by atoms with van der Waals surface area (Å²) >= 11 is 0. The molecule has 0 N–H and O–H groups in total. The van der Waals surface area contributed by atoms with Crippen molar-refractivity contribution in [2.45, 2.75) is 48.5 Å². The summed E-state index contributed by atoms with van der Waals surface area (Å²) in [4.78, 5) is 21.0. The van der Waals surface area contributed by atoms with Crippen molar-refractivity contribution in [3.63, 3.8) is 0 Å². The maximum absolute atomic E-state index is 3.35. The van der Waals surface area contributed by atoms with Gasteiger partial charge in [-0.3, -0.25) is 0 Å². The third kappa shape index (κ3) is 7.17. The van der Waals surface area contributed by atoms with E-state index in [1.54, 1.807) is 5.20 Å². The van der Waals surface area contributed by atoms with Gasteiger partial charge in [0.2, 0.25) is 0 Å². The molecule has 0 aromatic heterocycles. The van der Waals surface area contributed by atoms with Crippen molar-refractivity contribution in [1.82, 2.24) is 0 Å². The molecule has 0 radical (unpaired) electrons. The Hall–Kier alpha value is -4.44. The van der Waals surface area contributed by atoms with Crippen LogP contribution in [-0.2, 0) is 0 Å². The molecule has 0 bridgehead atoms. The molecule has 3 aromatic rings. The molecule has 1 unspecified atom stereocenters. The Balaban J connectivity index is 2.71. The molecule has 58 heavy (non-hydrogen) atoms. The largest absolute Gasteiger partial charge is 0.376 e. The van der Waals surface area contributed by atoms with Crippen molar-refractivity contribution in [3.8, 4) is 0 Å². The first-order chi connectivity index (χ1) is 26.7. The molecule has 4 rings (SSSR count). The number of rotatable bonds is 13. The second-order valence-electron chi connectivity index (χ2n) is 18.7. The molecule has 0 saturated heterocycles. The fourth-order valence-electron chi connectivity index (χ4n) is 10.2. The van der Waals surface area contributed by atoms with Crippen LogP contribution >= 0.6 is 0 Å². The van der Waals surface area contributed by atoms with E-state index in [2.05, 4.69) is 238 Å². The van der Waals surface area contributed by atoms with Gasteiger partial charge in [0.15, 0.2) is 8.07 Å². The average molecular weight is 810 g/mol. The smallest absolute Gasteiger partial charge is 0.177 e. The molecule has 320 valence electrons. The summed E-state index contributed by atoms with van der Waals surface area (Å²) in [7, 11) is 36.4. The predicted molar refractivity (Wildman–Crippen MR) is 267 cm³/mol. The SMILES string of the molecule is CC1=C(C)C(C)C([Si](c2cc(N(C)C)c(N(C)C)c(N(C)C)c2C)(c2cc(N(C)C)c(N(C)C)c(N(C)C)c2C)c2cc(N(C)C)c(N(C)C)c(N(C)C)c2C)=C1C. The van der Waals surface area contributed by atoms with Crippen LogP contribution in [0.3, 0.4) is 0 Å². The highest BCUT2D eigenvalue weighted by molar-refractivity contribution is 7.17. The number of nitrogens with zero attached hydrogens (tertiary/aromatic N) is 9. The van der Waals surface area contributed by atoms with Gasteiger partial charge in [0, 0.05) is 127 Å². The zero-order valence-corrected chi connectivity index (χ0v) is 42.3. The molecule has 1 aliphatic rings. The Bertz CT molecular complexity index is 1920. The molecule has 1 atom stereocenters. The van der Waals surface area contributed by atoms with E-state index in [-0.39, 0.29) is 5.92 Å². The number of anilines is 9. The molecule has 0 spiro atoms. The Morgan fingerprint density at radius 2 is 0.586 bits per heavy atom. The quantitative estimate of drug-likeness (QED) is 0.142. The van der Waals surface area contributed by atoms with Crippen LogP contribution in [0.2, 0.25) is 0 Å². The van der Waals surface area contributed by atoms with Crippen LogP contribution in [0.5, 0.6) is 0 Å². The Kier molecular flexibility index (Phi) is 13.3. The Morgan fingerprint density at radius 3 is 0.759 bits per heavy atom. The molecule has 9 nitrogen and oxygen atoms in total. The third-order valence-electron chi connectivity index (χ3n) is 12.9. The van der Waals surface area contributed by atoms with Gasteiger partial charge in [-0.2, -0.15) is 0 Å². The maximum atomic E-state index is 2.60. The normalized spacial score (nSPS) is 14.3. The van der Waals surface area contributed by atoms with Gasteiger partial charge in [-0.15, -0.1) is 0 Å². The summed E-state index contributed by atoms with van der Waals surface area (Å²) in [6.07, 6.45) is 0. The second-order valence-corrected chi connectivity index (χ2v) is 22.3. The average Bonchev–Trinajstić information content (AvgIpc) is 3.29. The topological polar surface area (TPSA) is 29.2 Å². The van der Waals surface area contributed by atoms with Gasteiger partial charge in [0.1, 0.15) is 0 Å². The Morgan fingerprint density at radius 1 is 0.345 bits per heavy atom. The monoisotopic (exact) mass is 810 g/mol. The van der Waals surface area contributed by atoms with Crippen LogP contribution in [0.25, 0.3) is 0 Å². The van der Waals surface area contributed by atoms with E-state index < -0.39 is 8.07 Å². The molecule has 0 saturated carbocycles.